The first-order valence-corrected chi connectivity index (χ1v) is 7.10. The van der Waals surface area contributed by atoms with E-state index in [1.165, 1.54) is 0 Å². The van der Waals surface area contributed by atoms with Crippen LogP contribution in [-0.2, 0) is 4.79 Å². The fourth-order valence-electron chi connectivity index (χ4n) is 1.94. The molecule has 1 saturated heterocycles. The van der Waals surface area contributed by atoms with Crippen molar-refractivity contribution in [1.82, 2.24) is 0 Å². The number of hydrogen-bond acceptors (Lipinski definition) is 3. The SMILES string of the molecule is N#CSc1ccc(N2CC(CCl)CC2=O)c(Cl)c1. The van der Waals surface area contributed by atoms with E-state index in [9.17, 15) is 4.79 Å². The summed E-state index contributed by atoms with van der Waals surface area (Å²) in [6.45, 7) is 0.604. The Labute approximate surface area is 120 Å². The number of alkyl halides is 1. The van der Waals surface area contributed by atoms with Crippen LogP contribution in [0.4, 0.5) is 5.69 Å². The summed E-state index contributed by atoms with van der Waals surface area (Å²) in [6, 6.07) is 5.26. The first-order chi connectivity index (χ1) is 8.65. The second kappa shape index (κ2) is 5.83. The zero-order chi connectivity index (χ0) is 13.1. The Bertz CT molecular complexity index is 515. The smallest absolute Gasteiger partial charge is 0.227 e. The van der Waals surface area contributed by atoms with Gasteiger partial charge in [0.2, 0.25) is 5.91 Å². The van der Waals surface area contributed by atoms with Gasteiger partial charge in [-0.3, -0.25) is 4.79 Å². The van der Waals surface area contributed by atoms with E-state index in [0.29, 0.717) is 29.6 Å². The summed E-state index contributed by atoms with van der Waals surface area (Å²) in [7, 11) is 0. The van der Waals surface area contributed by atoms with Crippen LogP contribution in [0.25, 0.3) is 0 Å². The van der Waals surface area contributed by atoms with Gasteiger partial charge >= 0.3 is 0 Å². The minimum Gasteiger partial charge on any atom is -0.311 e. The molecule has 0 saturated carbocycles. The van der Waals surface area contributed by atoms with Gasteiger partial charge in [-0.2, -0.15) is 5.26 Å². The summed E-state index contributed by atoms with van der Waals surface area (Å²) < 4.78 is 0. The number of thiocyanates is 1. The van der Waals surface area contributed by atoms with Crippen LogP contribution < -0.4 is 4.90 Å². The lowest BCUT2D eigenvalue weighted by atomic mass is 10.1. The highest BCUT2D eigenvalue weighted by molar-refractivity contribution is 8.03. The maximum atomic E-state index is 11.9. The van der Waals surface area contributed by atoms with Crippen LogP contribution >= 0.6 is 35.0 Å². The Morgan fingerprint density at radius 2 is 2.33 bits per heavy atom. The number of nitriles is 1. The van der Waals surface area contributed by atoms with Crippen LogP contribution in [0.2, 0.25) is 5.02 Å². The highest BCUT2D eigenvalue weighted by Crippen LogP contribution is 2.34. The highest BCUT2D eigenvalue weighted by atomic mass is 35.5. The first-order valence-electron chi connectivity index (χ1n) is 5.37. The van der Waals surface area contributed by atoms with E-state index in [4.69, 9.17) is 28.5 Å². The molecule has 0 aromatic heterocycles. The fourth-order valence-corrected chi connectivity index (χ4v) is 2.91. The van der Waals surface area contributed by atoms with E-state index < -0.39 is 0 Å². The number of carbonyl (C=O) groups is 1. The van der Waals surface area contributed by atoms with Crippen molar-refractivity contribution in [3.63, 3.8) is 0 Å². The zero-order valence-corrected chi connectivity index (χ0v) is 11.7. The average molecular weight is 301 g/mol. The Morgan fingerprint density at radius 3 is 2.89 bits per heavy atom. The third-order valence-corrected chi connectivity index (χ3v) is 4.12. The molecule has 1 aliphatic rings. The van der Waals surface area contributed by atoms with Crippen LogP contribution in [0.15, 0.2) is 23.1 Å². The van der Waals surface area contributed by atoms with Crippen molar-refractivity contribution in [2.45, 2.75) is 11.3 Å². The van der Waals surface area contributed by atoms with Gasteiger partial charge in [-0.15, -0.1) is 11.6 Å². The molecule has 0 N–H and O–H groups in total. The second-order valence-electron chi connectivity index (χ2n) is 4.04. The standard InChI is InChI=1S/C12H10Cl2N2OS/c13-5-8-3-12(17)16(6-8)11-2-1-9(18-7-15)4-10(11)14/h1-2,4,8H,3,5-6H2. The Morgan fingerprint density at radius 1 is 1.56 bits per heavy atom. The van der Waals surface area contributed by atoms with Crippen LogP contribution in [-0.4, -0.2) is 18.3 Å². The number of rotatable bonds is 3. The summed E-state index contributed by atoms with van der Waals surface area (Å²) in [5, 5.41) is 11.1. The number of amides is 1. The van der Waals surface area contributed by atoms with Gasteiger partial charge in [-0.25, -0.2) is 0 Å². The predicted molar refractivity (Wildman–Crippen MR) is 74.1 cm³/mol. The molecule has 1 atom stereocenters. The molecule has 1 heterocycles. The van der Waals surface area contributed by atoms with Crippen LogP contribution in [0.3, 0.4) is 0 Å². The molecule has 6 heteroatoms. The monoisotopic (exact) mass is 300 g/mol. The van der Waals surface area contributed by atoms with E-state index in [0.717, 1.165) is 16.7 Å². The Hall–Kier alpha value is -0.890. The molecule has 1 fully saturated rings. The fraction of sp³-hybridized carbons (Fsp3) is 0.333. The van der Waals surface area contributed by atoms with Gasteiger partial charge in [-0.1, -0.05) is 11.6 Å². The molecule has 2 rings (SSSR count). The van der Waals surface area contributed by atoms with Crippen molar-refractivity contribution in [1.29, 1.82) is 5.26 Å². The molecule has 1 unspecified atom stereocenters. The summed E-state index contributed by atoms with van der Waals surface area (Å²) in [5.41, 5.74) is 0.691. The van der Waals surface area contributed by atoms with Crippen molar-refractivity contribution in [3.8, 4) is 5.40 Å². The third-order valence-electron chi connectivity index (χ3n) is 2.80. The number of nitrogens with zero attached hydrogens (tertiary/aromatic N) is 2. The highest BCUT2D eigenvalue weighted by Gasteiger charge is 2.31. The van der Waals surface area contributed by atoms with E-state index >= 15 is 0 Å². The largest absolute Gasteiger partial charge is 0.311 e. The molecule has 1 aromatic rings. The molecule has 3 nitrogen and oxygen atoms in total. The third kappa shape index (κ3) is 2.74. The molecular formula is C12H10Cl2N2OS. The molecule has 0 bridgehead atoms. The van der Waals surface area contributed by atoms with Gasteiger partial charge < -0.3 is 4.90 Å². The molecule has 0 aliphatic carbocycles. The topological polar surface area (TPSA) is 44.1 Å². The lowest BCUT2D eigenvalue weighted by molar-refractivity contribution is -0.117. The van der Waals surface area contributed by atoms with E-state index in [1.54, 1.807) is 23.1 Å². The lowest BCUT2D eigenvalue weighted by Gasteiger charge is -2.18. The van der Waals surface area contributed by atoms with Crippen molar-refractivity contribution in [3.05, 3.63) is 23.2 Å². The summed E-state index contributed by atoms with van der Waals surface area (Å²) in [5.74, 6) is 0.703. The molecule has 1 amide bonds. The van der Waals surface area contributed by atoms with Gasteiger partial charge in [-0.05, 0) is 35.9 Å². The molecule has 0 spiro atoms. The molecule has 0 radical (unpaired) electrons. The van der Waals surface area contributed by atoms with Gasteiger partial charge in [0.1, 0.15) is 5.40 Å². The molecule has 18 heavy (non-hydrogen) atoms. The zero-order valence-electron chi connectivity index (χ0n) is 9.40. The number of benzene rings is 1. The minimum absolute atomic E-state index is 0.0447. The van der Waals surface area contributed by atoms with Gasteiger partial charge in [0.15, 0.2) is 0 Å². The Kier molecular flexibility index (Phi) is 4.39. The van der Waals surface area contributed by atoms with E-state index in [-0.39, 0.29) is 11.8 Å². The minimum atomic E-state index is 0.0447. The number of halogens is 2. The van der Waals surface area contributed by atoms with Gasteiger partial charge in [0.25, 0.3) is 0 Å². The van der Waals surface area contributed by atoms with Crippen molar-refractivity contribution in [2.75, 3.05) is 17.3 Å². The second-order valence-corrected chi connectivity index (χ2v) is 5.61. The van der Waals surface area contributed by atoms with Crippen LogP contribution in [0.5, 0.6) is 0 Å². The number of anilines is 1. The summed E-state index contributed by atoms with van der Waals surface area (Å²) in [6.07, 6.45) is 0.467. The summed E-state index contributed by atoms with van der Waals surface area (Å²) >= 11 is 13.0. The number of carbonyl (C=O) groups excluding carboxylic acids is 1. The molecule has 94 valence electrons. The maximum absolute atomic E-state index is 11.9. The quantitative estimate of drug-likeness (QED) is 0.487. The Balaban J connectivity index is 2.24. The first kappa shape index (κ1) is 13.5. The molecule has 1 aromatic carbocycles. The van der Waals surface area contributed by atoms with Gasteiger partial charge in [0.05, 0.1) is 10.7 Å². The van der Waals surface area contributed by atoms with Gasteiger partial charge in [0, 0.05) is 23.7 Å². The lowest BCUT2D eigenvalue weighted by Crippen LogP contribution is -2.24. The van der Waals surface area contributed by atoms with E-state index in [1.807, 2.05) is 5.40 Å². The molecule has 1 aliphatic heterocycles. The number of thioether (sulfide) groups is 1. The van der Waals surface area contributed by atoms with Crippen LogP contribution in [0.1, 0.15) is 6.42 Å². The van der Waals surface area contributed by atoms with Crippen molar-refractivity contribution >= 4 is 46.6 Å². The van der Waals surface area contributed by atoms with Crippen molar-refractivity contribution < 1.29 is 4.79 Å². The van der Waals surface area contributed by atoms with Crippen molar-refractivity contribution in [2.24, 2.45) is 5.92 Å². The van der Waals surface area contributed by atoms with Crippen LogP contribution in [0, 0.1) is 16.6 Å². The maximum Gasteiger partial charge on any atom is 0.227 e. The summed E-state index contributed by atoms with van der Waals surface area (Å²) in [4.78, 5) is 14.3. The molecular weight excluding hydrogens is 291 g/mol. The number of hydrogen-bond donors (Lipinski definition) is 0. The van der Waals surface area contributed by atoms with E-state index in [2.05, 4.69) is 0 Å². The predicted octanol–water partition coefficient (Wildman–Crippen LogP) is 3.50. The normalized spacial score (nSPS) is 19.1. The average Bonchev–Trinajstić information content (AvgIpc) is 2.71.